The van der Waals surface area contributed by atoms with E-state index in [1.54, 1.807) is 0 Å². The summed E-state index contributed by atoms with van der Waals surface area (Å²) in [5.74, 6) is 0. The number of nitrogens with zero attached hydrogens (tertiary/aromatic N) is 1. The molecule has 17 heavy (non-hydrogen) atoms. The van der Waals surface area contributed by atoms with Crippen molar-refractivity contribution in [1.82, 2.24) is 10.3 Å². The molecule has 2 heterocycles. The topological polar surface area (TPSA) is 45.2 Å². The maximum absolute atomic E-state index is 8.85. The van der Waals surface area contributed by atoms with Gasteiger partial charge in [-0.05, 0) is 44.9 Å². The van der Waals surface area contributed by atoms with Gasteiger partial charge in [0.15, 0.2) is 0 Å². The lowest BCUT2D eigenvalue weighted by molar-refractivity contribution is 0.142. The summed E-state index contributed by atoms with van der Waals surface area (Å²) in [4.78, 5) is 4.08. The van der Waals surface area contributed by atoms with Crippen molar-refractivity contribution in [2.75, 3.05) is 13.1 Å². The van der Waals surface area contributed by atoms with E-state index >= 15 is 0 Å². The molecular weight excluding hydrogens is 212 g/mol. The minimum Gasteiger partial charge on any atom is -0.392 e. The van der Waals surface area contributed by atoms with Gasteiger partial charge in [0.05, 0.1) is 6.10 Å². The van der Waals surface area contributed by atoms with Crippen molar-refractivity contribution >= 4 is 0 Å². The van der Waals surface area contributed by atoms with Crippen LogP contribution in [0.5, 0.6) is 0 Å². The molecule has 0 spiro atoms. The summed E-state index contributed by atoms with van der Waals surface area (Å²) >= 11 is 0. The Balaban J connectivity index is 0.000000265. The molecule has 3 nitrogen and oxygen atoms in total. The third-order valence-corrected chi connectivity index (χ3v) is 2.33. The molecule has 0 bridgehead atoms. The van der Waals surface area contributed by atoms with E-state index in [4.69, 9.17) is 5.11 Å². The van der Waals surface area contributed by atoms with E-state index in [-0.39, 0.29) is 6.10 Å². The van der Waals surface area contributed by atoms with E-state index in [0.29, 0.717) is 0 Å². The summed E-state index contributed by atoms with van der Waals surface area (Å²) in [6.45, 7) is 9.89. The van der Waals surface area contributed by atoms with Crippen LogP contribution in [-0.2, 0) is 0 Å². The largest absolute Gasteiger partial charge is 0.392 e. The summed E-state index contributed by atoms with van der Waals surface area (Å²) in [6.07, 6.45) is 3.90. The maximum Gasteiger partial charge on any atom is 0.0665 e. The molecule has 1 aromatic heterocycles. The van der Waals surface area contributed by atoms with Crippen LogP contribution in [0.1, 0.15) is 37.9 Å². The number of aliphatic hydroxyl groups excluding tert-OH is 1. The molecule has 1 aromatic rings. The van der Waals surface area contributed by atoms with Gasteiger partial charge in [-0.2, -0.15) is 0 Å². The van der Waals surface area contributed by atoms with E-state index in [0.717, 1.165) is 31.6 Å². The van der Waals surface area contributed by atoms with Crippen LogP contribution in [0.15, 0.2) is 18.3 Å². The fourth-order valence-electron chi connectivity index (χ4n) is 1.38. The summed E-state index contributed by atoms with van der Waals surface area (Å²) in [5, 5.41) is 11.9. The number of β-amino-alcohol motifs (C(OH)–C–C–N with tert-alkyl or cyclic N) is 1. The first-order valence-corrected chi connectivity index (χ1v) is 6.46. The zero-order valence-corrected chi connectivity index (χ0v) is 11.5. The Morgan fingerprint density at radius 2 is 2.00 bits per heavy atom. The van der Waals surface area contributed by atoms with Gasteiger partial charge >= 0.3 is 0 Å². The Morgan fingerprint density at radius 3 is 2.29 bits per heavy atom. The molecule has 1 fully saturated rings. The van der Waals surface area contributed by atoms with Gasteiger partial charge < -0.3 is 10.4 Å². The molecule has 1 aliphatic heterocycles. The number of pyridine rings is 1. The van der Waals surface area contributed by atoms with Crippen LogP contribution in [0.2, 0.25) is 0 Å². The third-order valence-electron chi connectivity index (χ3n) is 2.33. The van der Waals surface area contributed by atoms with Crippen molar-refractivity contribution in [2.45, 2.75) is 46.6 Å². The van der Waals surface area contributed by atoms with E-state index in [1.165, 1.54) is 5.56 Å². The number of piperidine rings is 1. The summed E-state index contributed by atoms with van der Waals surface area (Å²) in [6, 6.07) is 4.07. The molecule has 0 aromatic carbocycles. The van der Waals surface area contributed by atoms with E-state index in [2.05, 4.69) is 16.4 Å². The summed E-state index contributed by atoms with van der Waals surface area (Å²) in [5.41, 5.74) is 2.30. The average molecular weight is 238 g/mol. The Morgan fingerprint density at radius 1 is 1.29 bits per heavy atom. The van der Waals surface area contributed by atoms with Gasteiger partial charge in [0.2, 0.25) is 0 Å². The SMILES string of the molecule is CC.Cc1ccc(C)nc1.OC1CCCNC1. The van der Waals surface area contributed by atoms with Crippen molar-refractivity contribution in [3.8, 4) is 0 Å². The van der Waals surface area contributed by atoms with Crippen molar-refractivity contribution in [1.29, 1.82) is 0 Å². The Labute approximate surface area is 105 Å². The number of aryl methyl sites for hydroxylation is 2. The molecule has 2 N–H and O–H groups in total. The van der Waals surface area contributed by atoms with Crippen molar-refractivity contribution in [2.24, 2.45) is 0 Å². The van der Waals surface area contributed by atoms with Gasteiger partial charge in [-0.15, -0.1) is 0 Å². The molecule has 0 amide bonds. The fourth-order valence-corrected chi connectivity index (χ4v) is 1.38. The van der Waals surface area contributed by atoms with Crippen molar-refractivity contribution < 1.29 is 5.11 Å². The van der Waals surface area contributed by atoms with Gasteiger partial charge in [0.25, 0.3) is 0 Å². The number of aliphatic hydroxyl groups is 1. The lowest BCUT2D eigenvalue weighted by atomic mass is 10.1. The van der Waals surface area contributed by atoms with Crippen molar-refractivity contribution in [3.63, 3.8) is 0 Å². The molecule has 3 heteroatoms. The Kier molecular flexibility index (Phi) is 9.68. The first-order valence-electron chi connectivity index (χ1n) is 6.46. The second-order valence-corrected chi connectivity index (χ2v) is 3.98. The molecule has 2 rings (SSSR count). The average Bonchev–Trinajstić information content (AvgIpc) is 2.37. The molecule has 98 valence electrons. The lowest BCUT2D eigenvalue weighted by Gasteiger charge is -2.16. The zero-order valence-electron chi connectivity index (χ0n) is 11.5. The minimum atomic E-state index is -0.0752. The highest BCUT2D eigenvalue weighted by Gasteiger charge is 2.06. The number of hydrogen-bond acceptors (Lipinski definition) is 3. The fraction of sp³-hybridized carbons (Fsp3) is 0.643. The monoisotopic (exact) mass is 238 g/mol. The second-order valence-electron chi connectivity index (χ2n) is 3.98. The molecule has 1 atom stereocenters. The highest BCUT2D eigenvalue weighted by atomic mass is 16.3. The van der Waals surface area contributed by atoms with E-state index in [1.807, 2.05) is 40.0 Å². The minimum absolute atomic E-state index is 0.0752. The van der Waals surface area contributed by atoms with Crippen LogP contribution in [-0.4, -0.2) is 29.3 Å². The van der Waals surface area contributed by atoms with Crippen LogP contribution in [0, 0.1) is 13.8 Å². The van der Waals surface area contributed by atoms with Crippen LogP contribution < -0.4 is 5.32 Å². The van der Waals surface area contributed by atoms with Gasteiger partial charge in [-0.3, -0.25) is 4.98 Å². The summed E-state index contributed by atoms with van der Waals surface area (Å²) in [7, 11) is 0. The smallest absolute Gasteiger partial charge is 0.0665 e. The van der Waals surface area contributed by atoms with Crippen molar-refractivity contribution in [3.05, 3.63) is 29.6 Å². The normalized spacial score (nSPS) is 18.3. The van der Waals surface area contributed by atoms with E-state index < -0.39 is 0 Å². The molecule has 0 radical (unpaired) electrons. The lowest BCUT2D eigenvalue weighted by Crippen LogP contribution is -2.33. The molecule has 0 aliphatic carbocycles. The van der Waals surface area contributed by atoms with Gasteiger partial charge in [0.1, 0.15) is 0 Å². The van der Waals surface area contributed by atoms with Gasteiger partial charge in [-0.1, -0.05) is 19.9 Å². The predicted molar refractivity (Wildman–Crippen MR) is 73.2 cm³/mol. The van der Waals surface area contributed by atoms with Crippen LogP contribution in [0.4, 0.5) is 0 Å². The maximum atomic E-state index is 8.85. The second kappa shape index (κ2) is 10.2. The molecule has 1 saturated heterocycles. The highest BCUT2D eigenvalue weighted by Crippen LogP contribution is 1.98. The number of hydrogen-bond donors (Lipinski definition) is 2. The standard InChI is InChI=1S/C7H9N.C5H11NO.C2H6/c1-6-3-4-7(2)8-5-6;7-5-2-1-3-6-4-5;1-2/h3-5H,1-2H3;5-7H,1-4H2;1-2H3. The number of nitrogens with one attached hydrogen (secondary N) is 1. The van der Waals surface area contributed by atoms with Crippen LogP contribution >= 0.6 is 0 Å². The van der Waals surface area contributed by atoms with E-state index in [9.17, 15) is 0 Å². The molecule has 1 unspecified atom stereocenters. The summed E-state index contributed by atoms with van der Waals surface area (Å²) < 4.78 is 0. The van der Waals surface area contributed by atoms with Crippen LogP contribution in [0.3, 0.4) is 0 Å². The first-order chi connectivity index (χ1) is 8.18. The van der Waals surface area contributed by atoms with Gasteiger partial charge in [-0.25, -0.2) is 0 Å². The van der Waals surface area contributed by atoms with Crippen LogP contribution in [0.25, 0.3) is 0 Å². The third kappa shape index (κ3) is 8.83. The molecule has 1 aliphatic rings. The quantitative estimate of drug-likeness (QED) is 0.730. The first kappa shape index (κ1) is 16.1. The molecular formula is C14H26N2O. The number of aromatic nitrogens is 1. The molecule has 0 saturated carbocycles. The predicted octanol–water partition coefficient (Wildman–Crippen LogP) is 2.46. The zero-order chi connectivity index (χ0) is 13.1. The highest BCUT2D eigenvalue weighted by molar-refractivity contribution is 5.10. The Hall–Kier alpha value is -0.930. The Bertz CT molecular complexity index is 245. The number of rotatable bonds is 0. The van der Waals surface area contributed by atoms with Gasteiger partial charge in [0, 0.05) is 18.4 Å².